The minimum atomic E-state index is -0.420. The second kappa shape index (κ2) is 6.29. The molecule has 2 heterocycles. The summed E-state index contributed by atoms with van der Waals surface area (Å²) in [5.41, 5.74) is 0.986. The van der Waals surface area contributed by atoms with Gasteiger partial charge in [-0.2, -0.15) is 4.68 Å². The van der Waals surface area contributed by atoms with Crippen molar-refractivity contribution in [1.29, 1.82) is 0 Å². The van der Waals surface area contributed by atoms with Crippen molar-refractivity contribution in [3.05, 3.63) is 56.8 Å². The van der Waals surface area contributed by atoms with Gasteiger partial charge in [0.25, 0.3) is 0 Å². The van der Waals surface area contributed by atoms with Crippen molar-refractivity contribution in [3.63, 3.8) is 0 Å². The van der Waals surface area contributed by atoms with Gasteiger partial charge in [0.2, 0.25) is 0 Å². The number of nitrogens with zero attached hydrogens (tertiary/aromatic N) is 6. The maximum absolute atomic E-state index is 12.1. The normalized spacial score (nSPS) is 11.3. The first-order chi connectivity index (χ1) is 11.5. The lowest BCUT2D eigenvalue weighted by molar-refractivity contribution is 0.301. The monoisotopic (exact) mass is 378 g/mol. The van der Waals surface area contributed by atoms with Gasteiger partial charge in [-0.15, -0.1) is 4.68 Å². The highest BCUT2D eigenvalue weighted by Crippen LogP contribution is 2.22. The quantitative estimate of drug-likeness (QED) is 0.637. The Labute approximate surface area is 141 Å². The van der Waals surface area contributed by atoms with Gasteiger partial charge >= 0.3 is 5.69 Å². The van der Waals surface area contributed by atoms with Gasteiger partial charge in [-0.25, -0.2) is 14.8 Å². The Balaban J connectivity index is 1.96. The Morgan fingerprint density at radius 3 is 2.87 bits per heavy atom. The highest BCUT2D eigenvalue weighted by Gasteiger charge is 2.17. The summed E-state index contributed by atoms with van der Waals surface area (Å²) in [6, 6.07) is 5.49. The van der Waals surface area contributed by atoms with Crippen LogP contribution in [0.15, 0.2) is 40.0 Å². The largest absolute Gasteiger partial charge is 0.488 e. The maximum atomic E-state index is 12.1. The Bertz CT molecular complexity index is 955. The Kier molecular flexibility index (Phi) is 3.85. The number of rotatable bonds is 4. The predicted molar refractivity (Wildman–Crippen MR) is 85.4 cm³/mol. The van der Waals surface area contributed by atoms with Crippen LogP contribution in [0.2, 0.25) is 0 Å². The summed E-state index contributed by atoms with van der Waals surface area (Å²) in [7, 11) is 1.50. The van der Waals surface area contributed by atoms with E-state index in [1.807, 2.05) is 6.92 Å². The first kappa shape index (κ1) is 14.1. The summed E-state index contributed by atoms with van der Waals surface area (Å²) in [6.07, 6.45) is 1.32. The van der Waals surface area contributed by atoms with Crippen molar-refractivity contribution in [2.75, 3.05) is 0 Å². The molecule has 0 atom stereocenters. The fourth-order valence-corrected chi connectivity index (χ4v) is 2.33. The molecule has 0 saturated heterocycles. The molecule has 2 aromatic heterocycles. The molecule has 0 unspecified atom stereocenters. The van der Waals surface area contributed by atoms with Crippen LogP contribution in [0, 0.1) is 6.92 Å². The molecule has 0 amide bonds. The van der Waals surface area contributed by atoms with Crippen molar-refractivity contribution in [2.45, 2.75) is 13.5 Å². The average Bonchev–Trinajstić information content (AvgIpc) is 2.87. The van der Waals surface area contributed by atoms with Gasteiger partial charge in [0.1, 0.15) is 23.3 Å². The van der Waals surface area contributed by atoms with E-state index in [-0.39, 0.29) is 6.61 Å². The van der Waals surface area contributed by atoms with Gasteiger partial charge in [-0.3, -0.25) is 0 Å². The summed E-state index contributed by atoms with van der Waals surface area (Å²) in [4.78, 5) is 20.3. The molecule has 0 saturated carbocycles. The second-order valence-electron chi connectivity index (χ2n) is 4.74. The molecule has 0 bridgehead atoms. The molecule has 3 aromatic rings. The first-order valence-corrected chi connectivity index (χ1v) is 7.45. The van der Waals surface area contributed by atoms with Crippen LogP contribution < -0.4 is 10.4 Å². The van der Waals surface area contributed by atoms with E-state index in [9.17, 15) is 4.79 Å². The van der Waals surface area contributed by atoms with Gasteiger partial charge in [-0.1, -0.05) is 18.2 Å². The average molecular weight is 379 g/mol. The number of hydrogen-bond donors (Lipinski definition) is 0. The van der Waals surface area contributed by atoms with E-state index < -0.39 is 5.69 Å². The molecule has 0 aliphatic carbocycles. The standard InChI is InChI=1S/C14H13BrN6O2/c1-9-5-3-4-6-11(9)23-7-10-12(15)16-8-17-13(10)21-14(22)20(2)18-19-21/h3-6,8H,7H2,1-2H3/i3T. The number of ether oxygens (including phenoxy) is 1. The number of para-hydroxylation sites is 1. The number of aryl methyl sites for hydroxylation is 2. The lowest BCUT2D eigenvalue weighted by Crippen LogP contribution is -2.24. The zero-order valence-corrected chi connectivity index (χ0v) is 14.0. The number of aromatic nitrogens is 6. The van der Waals surface area contributed by atoms with E-state index in [4.69, 9.17) is 6.11 Å². The number of benzene rings is 1. The third-order valence-corrected chi connectivity index (χ3v) is 3.87. The highest BCUT2D eigenvalue weighted by molar-refractivity contribution is 9.10. The predicted octanol–water partition coefficient (Wildman–Crippen LogP) is 1.41. The Morgan fingerprint density at radius 1 is 1.35 bits per heavy atom. The van der Waals surface area contributed by atoms with Gasteiger partial charge < -0.3 is 4.74 Å². The third kappa shape index (κ3) is 3.00. The maximum Gasteiger partial charge on any atom is 0.369 e. The zero-order valence-electron chi connectivity index (χ0n) is 13.4. The van der Waals surface area contributed by atoms with Crippen LogP contribution in [0.25, 0.3) is 5.82 Å². The number of tetrazole rings is 1. The van der Waals surface area contributed by atoms with Crippen LogP contribution >= 0.6 is 15.9 Å². The summed E-state index contributed by atoms with van der Waals surface area (Å²) in [5, 5.41) is 7.48. The van der Waals surface area contributed by atoms with Crippen molar-refractivity contribution in [2.24, 2.45) is 7.05 Å². The molecule has 0 fully saturated rings. The summed E-state index contributed by atoms with van der Waals surface area (Å²) in [5.74, 6) is 0.934. The van der Waals surface area contributed by atoms with E-state index in [0.29, 0.717) is 27.8 Å². The van der Waals surface area contributed by atoms with Crippen LogP contribution in [0.3, 0.4) is 0 Å². The minimum Gasteiger partial charge on any atom is -0.488 e. The fourth-order valence-electron chi connectivity index (χ4n) is 1.95. The molecule has 8 nitrogen and oxygen atoms in total. The van der Waals surface area contributed by atoms with E-state index in [0.717, 1.165) is 14.9 Å². The molecular formula is C14H13BrN6O2. The third-order valence-electron chi connectivity index (χ3n) is 3.18. The van der Waals surface area contributed by atoms with E-state index >= 15 is 0 Å². The van der Waals surface area contributed by atoms with Crippen molar-refractivity contribution in [3.8, 4) is 11.6 Å². The molecule has 0 radical (unpaired) electrons. The Hall–Kier alpha value is -2.55. The Morgan fingerprint density at radius 2 is 2.17 bits per heavy atom. The molecule has 0 N–H and O–H groups in total. The minimum absolute atomic E-state index is 0.123. The topological polar surface area (TPSA) is 87.7 Å². The summed E-state index contributed by atoms with van der Waals surface area (Å²) >= 11 is 3.35. The van der Waals surface area contributed by atoms with E-state index in [1.165, 1.54) is 13.4 Å². The number of hydrogen-bond acceptors (Lipinski definition) is 6. The van der Waals surface area contributed by atoms with Gasteiger partial charge in [0, 0.05) is 7.05 Å². The van der Waals surface area contributed by atoms with Crippen molar-refractivity contribution >= 4 is 15.9 Å². The summed E-state index contributed by atoms with van der Waals surface area (Å²) < 4.78 is 16.1. The van der Waals surface area contributed by atoms with Crippen LogP contribution in [-0.4, -0.2) is 29.8 Å². The van der Waals surface area contributed by atoms with Crippen molar-refractivity contribution in [1.82, 2.24) is 29.8 Å². The van der Waals surface area contributed by atoms with Crippen LogP contribution in [0.5, 0.6) is 5.75 Å². The molecule has 118 valence electrons. The van der Waals surface area contributed by atoms with E-state index in [1.54, 1.807) is 18.2 Å². The van der Waals surface area contributed by atoms with Gasteiger partial charge in [0.15, 0.2) is 5.82 Å². The molecule has 0 spiro atoms. The van der Waals surface area contributed by atoms with Gasteiger partial charge in [-0.05, 0) is 44.9 Å². The van der Waals surface area contributed by atoms with Crippen LogP contribution in [0.4, 0.5) is 0 Å². The van der Waals surface area contributed by atoms with Gasteiger partial charge in [0.05, 0.1) is 6.93 Å². The van der Waals surface area contributed by atoms with Crippen molar-refractivity contribution < 1.29 is 6.11 Å². The molecule has 1 aromatic carbocycles. The van der Waals surface area contributed by atoms with E-state index in [2.05, 4.69) is 36.3 Å². The molecule has 9 heteroatoms. The smallest absolute Gasteiger partial charge is 0.369 e. The highest BCUT2D eigenvalue weighted by atomic mass is 79.9. The molecule has 0 aliphatic rings. The lowest BCUT2D eigenvalue weighted by Gasteiger charge is -2.11. The SMILES string of the molecule is [3H]c1ccc(OCc2c(Br)ncnc2-n2nnn(C)c2=O)c(C)c1. The zero-order chi connectivity index (χ0) is 17.3. The molecule has 0 aliphatic heterocycles. The lowest BCUT2D eigenvalue weighted by atomic mass is 10.2. The molecule has 3 rings (SSSR count). The summed E-state index contributed by atoms with van der Waals surface area (Å²) in [6.45, 7) is 1.98. The van der Waals surface area contributed by atoms with Crippen LogP contribution in [-0.2, 0) is 13.7 Å². The first-order valence-electron chi connectivity index (χ1n) is 7.16. The second-order valence-corrected chi connectivity index (χ2v) is 5.49. The molecule has 23 heavy (non-hydrogen) atoms. The fraction of sp³-hybridized carbons (Fsp3) is 0.214. The molecular weight excluding hydrogens is 364 g/mol. The van der Waals surface area contributed by atoms with Crippen LogP contribution in [0.1, 0.15) is 12.5 Å². The number of halogens is 1.